The van der Waals surface area contributed by atoms with Gasteiger partial charge in [0.15, 0.2) is 5.96 Å². The van der Waals surface area contributed by atoms with E-state index in [2.05, 4.69) is 5.32 Å². The monoisotopic (exact) mass is 452 g/mol. The molecule has 0 bridgehead atoms. The molecule has 2 rings (SSSR count). The van der Waals surface area contributed by atoms with Gasteiger partial charge in [-0.3, -0.25) is 14.8 Å². The van der Waals surface area contributed by atoms with Gasteiger partial charge in [-0.25, -0.2) is 9.59 Å². The van der Waals surface area contributed by atoms with E-state index < -0.39 is 28.0 Å². The van der Waals surface area contributed by atoms with Gasteiger partial charge < -0.3 is 26.6 Å². The summed E-state index contributed by atoms with van der Waals surface area (Å²) in [5.41, 5.74) is 11.1. The lowest BCUT2D eigenvalue weighted by Gasteiger charge is -2.09. The zero-order valence-corrected chi connectivity index (χ0v) is 17.0. The van der Waals surface area contributed by atoms with Crippen LogP contribution < -0.4 is 21.5 Å². The fourth-order valence-corrected chi connectivity index (χ4v) is 2.19. The van der Waals surface area contributed by atoms with Crippen molar-refractivity contribution in [1.29, 1.82) is 5.41 Å². The Morgan fingerprint density at radius 3 is 2.10 bits per heavy atom. The molecular weight excluding hydrogens is 432 g/mol. The smallest absolute Gasteiger partial charge is 0.343 e. The van der Waals surface area contributed by atoms with Crippen molar-refractivity contribution in [3.05, 3.63) is 59.2 Å². The molecule has 2 aromatic carbocycles. The first-order valence-corrected chi connectivity index (χ1v) is 10.1. The first-order valence-electron chi connectivity index (χ1n) is 8.26. The van der Waals surface area contributed by atoms with Crippen LogP contribution in [0.3, 0.4) is 0 Å². The van der Waals surface area contributed by atoms with Gasteiger partial charge in [-0.05, 0) is 48.0 Å². The van der Waals surface area contributed by atoms with E-state index >= 15 is 0 Å². The largest absolute Gasteiger partial charge is 0.478 e. The third-order valence-corrected chi connectivity index (χ3v) is 3.28. The first kappa shape index (κ1) is 25.1. The van der Waals surface area contributed by atoms with Gasteiger partial charge in [-0.2, -0.15) is 8.42 Å². The minimum atomic E-state index is -3.67. The Labute approximate surface area is 177 Å². The standard InChI is InChI=1S/C17H16N4O5.CH4O3S/c18-14(22)8-10-7-12(5-6-13(10)15(23)24)26-16(25)9-1-3-11(4-2-9)21-17(19)20;1-5(2,3)4/h1-7H,8H2,(H2,18,22)(H,23,24)(H4,19,20,21);1H3,(H,2,3,4). The van der Waals surface area contributed by atoms with E-state index in [1.165, 1.54) is 30.3 Å². The Balaban J connectivity index is 0.000000861. The minimum Gasteiger partial charge on any atom is -0.478 e. The zero-order valence-electron chi connectivity index (χ0n) is 16.2. The minimum absolute atomic E-state index is 0.0854. The number of anilines is 1. The maximum absolute atomic E-state index is 12.2. The average molecular weight is 452 g/mol. The van der Waals surface area contributed by atoms with E-state index in [0.29, 0.717) is 11.9 Å². The summed E-state index contributed by atoms with van der Waals surface area (Å²) >= 11 is 0. The number of primary amides is 1. The SMILES string of the molecule is CS(=O)(=O)O.N=C(N)Nc1ccc(C(=O)Oc2ccc(C(=O)O)c(CC(N)=O)c2)cc1. The molecule has 0 spiro atoms. The van der Waals surface area contributed by atoms with Crippen molar-refractivity contribution in [2.75, 3.05) is 11.6 Å². The highest BCUT2D eigenvalue weighted by atomic mass is 32.2. The molecule has 8 N–H and O–H groups in total. The molecule has 0 aliphatic carbocycles. The molecule has 0 aromatic heterocycles. The maximum Gasteiger partial charge on any atom is 0.343 e. The number of carboxylic acid groups (broad SMARTS) is 1. The highest BCUT2D eigenvalue weighted by Gasteiger charge is 2.15. The number of benzene rings is 2. The molecular formula is C18H20N4O8S. The Morgan fingerprint density at radius 2 is 1.65 bits per heavy atom. The highest BCUT2D eigenvalue weighted by molar-refractivity contribution is 7.85. The van der Waals surface area contributed by atoms with E-state index in [1.54, 1.807) is 12.1 Å². The van der Waals surface area contributed by atoms with Crippen LogP contribution in [-0.4, -0.2) is 48.1 Å². The first-order chi connectivity index (χ1) is 14.3. The summed E-state index contributed by atoms with van der Waals surface area (Å²) in [7, 11) is -3.67. The van der Waals surface area contributed by atoms with Gasteiger partial charge in [0.2, 0.25) is 5.91 Å². The van der Waals surface area contributed by atoms with Gasteiger partial charge >= 0.3 is 11.9 Å². The van der Waals surface area contributed by atoms with E-state index in [4.69, 9.17) is 31.3 Å². The second-order valence-corrected chi connectivity index (χ2v) is 7.47. The number of rotatable bonds is 6. The van der Waals surface area contributed by atoms with Crippen LogP contribution in [0.4, 0.5) is 5.69 Å². The summed E-state index contributed by atoms with van der Waals surface area (Å²) in [6.45, 7) is 0. The molecule has 12 nitrogen and oxygen atoms in total. The molecule has 0 saturated carbocycles. The number of nitrogens with two attached hydrogens (primary N) is 2. The topological polar surface area (TPSA) is 223 Å². The summed E-state index contributed by atoms with van der Waals surface area (Å²) in [5.74, 6) is -2.74. The molecule has 0 heterocycles. The van der Waals surface area contributed by atoms with Crippen LogP contribution in [-0.2, 0) is 21.3 Å². The van der Waals surface area contributed by atoms with Crippen LogP contribution in [0, 0.1) is 5.41 Å². The lowest BCUT2D eigenvalue weighted by atomic mass is 10.0. The Kier molecular flexibility index (Phi) is 8.66. The van der Waals surface area contributed by atoms with Crippen LogP contribution in [0.2, 0.25) is 0 Å². The average Bonchev–Trinajstić information content (AvgIpc) is 2.59. The molecule has 0 radical (unpaired) electrons. The third kappa shape index (κ3) is 9.87. The number of carbonyl (C=O) groups excluding carboxylic acids is 2. The molecule has 0 aliphatic rings. The van der Waals surface area contributed by atoms with Gasteiger partial charge in [0.1, 0.15) is 5.75 Å². The summed E-state index contributed by atoms with van der Waals surface area (Å²) in [4.78, 5) is 34.5. The summed E-state index contributed by atoms with van der Waals surface area (Å²) in [6.07, 6.45) is 0.422. The molecule has 1 amide bonds. The molecule has 13 heteroatoms. The lowest BCUT2D eigenvalue weighted by molar-refractivity contribution is -0.117. The molecule has 0 fully saturated rings. The van der Waals surface area contributed by atoms with E-state index in [1.807, 2.05) is 0 Å². The molecule has 0 aliphatic heterocycles. The number of esters is 1. The molecule has 166 valence electrons. The highest BCUT2D eigenvalue weighted by Crippen LogP contribution is 2.20. The fraction of sp³-hybridized carbons (Fsp3) is 0.111. The number of carboxylic acids is 1. The molecule has 31 heavy (non-hydrogen) atoms. The normalized spacial score (nSPS) is 10.3. The number of ether oxygens (including phenoxy) is 1. The van der Waals surface area contributed by atoms with E-state index in [-0.39, 0.29) is 34.8 Å². The van der Waals surface area contributed by atoms with Crippen molar-refractivity contribution in [3.63, 3.8) is 0 Å². The summed E-state index contributed by atoms with van der Waals surface area (Å²) < 4.78 is 31.1. The van der Waals surface area contributed by atoms with Crippen molar-refractivity contribution in [1.82, 2.24) is 0 Å². The fourth-order valence-electron chi connectivity index (χ4n) is 2.19. The Morgan fingerprint density at radius 1 is 1.10 bits per heavy atom. The number of hydrogen-bond acceptors (Lipinski definition) is 7. The summed E-state index contributed by atoms with van der Waals surface area (Å²) in [6, 6.07) is 9.89. The van der Waals surface area contributed by atoms with Crippen molar-refractivity contribution >= 4 is 39.6 Å². The molecule has 0 atom stereocenters. The number of guanidine groups is 1. The number of amides is 1. The Hall–Kier alpha value is -3.97. The molecule has 2 aromatic rings. The molecule has 0 saturated heterocycles. The Bertz CT molecular complexity index is 1090. The van der Waals surface area contributed by atoms with Gasteiger partial charge in [0.25, 0.3) is 10.1 Å². The van der Waals surface area contributed by atoms with Gasteiger partial charge in [0, 0.05) is 5.69 Å². The predicted octanol–water partition coefficient (Wildman–Crippen LogP) is 0.441. The van der Waals surface area contributed by atoms with Gasteiger partial charge in [-0.1, -0.05) is 0 Å². The van der Waals surface area contributed by atoms with Crippen molar-refractivity contribution in [3.8, 4) is 5.75 Å². The number of hydrogen-bond donors (Lipinski definition) is 6. The van der Waals surface area contributed by atoms with Crippen LogP contribution in [0.5, 0.6) is 5.75 Å². The zero-order chi connectivity index (χ0) is 23.8. The second-order valence-electron chi connectivity index (χ2n) is 6.01. The molecule has 0 unspecified atom stereocenters. The lowest BCUT2D eigenvalue weighted by Crippen LogP contribution is -2.20. The van der Waals surface area contributed by atoms with E-state index in [0.717, 1.165) is 0 Å². The maximum atomic E-state index is 12.2. The summed E-state index contributed by atoms with van der Waals surface area (Å²) in [5, 5.41) is 18.8. The van der Waals surface area contributed by atoms with Crippen LogP contribution >= 0.6 is 0 Å². The predicted molar refractivity (Wildman–Crippen MR) is 111 cm³/mol. The van der Waals surface area contributed by atoms with Crippen LogP contribution in [0.25, 0.3) is 0 Å². The van der Waals surface area contributed by atoms with Crippen molar-refractivity contribution < 1.29 is 37.2 Å². The van der Waals surface area contributed by atoms with E-state index in [9.17, 15) is 22.8 Å². The quantitative estimate of drug-likeness (QED) is 0.117. The van der Waals surface area contributed by atoms with Gasteiger partial charge in [0.05, 0.1) is 23.8 Å². The van der Waals surface area contributed by atoms with Gasteiger partial charge in [-0.15, -0.1) is 0 Å². The van der Waals surface area contributed by atoms with Crippen molar-refractivity contribution in [2.45, 2.75) is 6.42 Å². The van der Waals surface area contributed by atoms with Crippen LogP contribution in [0.15, 0.2) is 42.5 Å². The number of aromatic carboxylic acids is 1. The third-order valence-electron chi connectivity index (χ3n) is 3.28. The second kappa shape index (κ2) is 10.7. The number of nitrogens with one attached hydrogen (secondary N) is 2. The number of carbonyl (C=O) groups is 3. The van der Waals surface area contributed by atoms with Crippen LogP contribution in [0.1, 0.15) is 26.3 Å². The van der Waals surface area contributed by atoms with Crippen molar-refractivity contribution in [2.24, 2.45) is 11.5 Å².